The number of carbonyl (C=O) groups excluding carboxylic acids is 1. The van der Waals surface area contributed by atoms with Gasteiger partial charge in [0.25, 0.3) is 12.3 Å². The van der Waals surface area contributed by atoms with E-state index in [9.17, 15) is 13.6 Å². The first-order valence-electron chi connectivity index (χ1n) is 11.8. The van der Waals surface area contributed by atoms with Crippen LogP contribution in [-0.2, 0) is 0 Å². The van der Waals surface area contributed by atoms with Gasteiger partial charge in [-0.1, -0.05) is 6.92 Å². The summed E-state index contributed by atoms with van der Waals surface area (Å²) in [5.74, 6) is 0.917. The molecule has 4 heterocycles. The number of piperidine rings is 1. The number of anilines is 2. The van der Waals surface area contributed by atoms with Crippen molar-refractivity contribution in [2.75, 3.05) is 23.3 Å². The normalized spacial score (nSPS) is 21.6. The molecule has 1 saturated carbocycles. The Labute approximate surface area is 191 Å². The number of carbonyl (C=O) groups is 1. The van der Waals surface area contributed by atoms with Gasteiger partial charge in [0, 0.05) is 25.5 Å². The smallest absolute Gasteiger partial charge is 0.284 e. The van der Waals surface area contributed by atoms with Crippen LogP contribution in [0.1, 0.15) is 80.4 Å². The van der Waals surface area contributed by atoms with E-state index in [1.54, 1.807) is 17.1 Å². The molecule has 0 bridgehead atoms. The molecule has 1 N–H and O–H groups in total. The molecule has 1 aliphatic heterocycles. The Balaban J connectivity index is 1.40. The summed E-state index contributed by atoms with van der Waals surface area (Å²) in [6.45, 7) is 4.06. The van der Waals surface area contributed by atoms with Crippen LogP contribution in [0, 0.1) is 5.92 Å². The molecular formula is C23H29F2N7O. The van der Waals surface area contributed by atoms with Crippen molar-refractivity contribution in [3.63, 3.8) is 0 Å². The molecule has 0 aromatic carbocycles. The maximum absolute atomic E-state index is 13.7. The lowest BCUT2D eigenvalue weighted by molar-refractivity contribution is 0.102. The van der Waals surface area contributed by atoms with Crippen molar-refractivity contribution in [3.8, 4) is 0 Å². The highest BCUT2D eigenvalue weighted by atomic mass is 19.3. The molecule has 176 valence electrons. The minimum Gasteiger partial charge on any atom is -0.357 e. The minimum absolute atomic E-state index is 0.0418. The molecule has 8 nitrogen and oxygen atoms in total. The van der Waals surface area contributed by atoms with E-state index < -0.39 is 18.0 Å². The zero-order valence-electron chi connectivity index (χ0n) is 18.8. The molecule has 1 aliphatic carbocycles. The average molecular weight is 458 g/mol. The molecule has 5 rings (SSSR count). The van der Waals surface area contributed by atoms with E-state index in [2.05, 4.69) is 32.3 Å². The zero-order valence-corrected chi connectivity index (χ0v) is 18.8. The van der Waals surface area contributed by atoms with Gasteiger partial charge in [0.05, 0.1) is 17.9 Å². The lowest BCUT2D eigenvalue weighted by Gasteiger charge is -2.27. The Bertz CT molecular complexity index is 1130. The van der Waals surface area contributed by atoms with Crippen molar-refractivity contribution in [2.45, 2.75) is 64.3 Å². The van der Waals surface area contributed by atoms with Crippen molar-refractivity contribution in [1.29, 1.82) is 0 Å². The van der Waals surface area contributed by atoms with Crippen molar-refractivity contribution in [2.24, 2.45) is 5.92 Å². The van der Waals surface area contributed by atoms with Crippen LogP contribution in [0.15, 0.2) is 24.7 Å². The first-order valence-corrected chi connectivity index (χ1v) is 11.8. The second-order valence-electron chi connectivity index (χ2n) is 9.24. The number of amides is 1. The zero-order chi connectivity index (χ0) is 22.9. The number of halogens is 2. The molecule has 0 spiro atoms. The Hall–Kier alpha value is -3.04. The van der Waals surface area contributed by atoms with Crippen molar-refractivity contribution in [1.82, 2.24) is 24.4 Å². The van der Waals surface area contributed by atoms with E-state index in [4.69, 9.17) is 0 Å². The predicted octanol–water partition coefficient (Wildman–Crippen LogP) is 4.86. The standard InChI is InChI=1S/C23H29F2N7O/c1-15-5-7-16(8-6-15)32-14-18(20(29-32)21(24)25)27-23(33)17-13-26-31-12-9-19(28-22(17)31)30-10-3-2-4-11-30/h9,12-16,21H,2-8,10-11H2,1H3,(H,27,33). The lowest BCUT2D eigenvalue weighted by Crippen LogP contribution is -2.30. The summed E-state index contributed by atoms with van der Waals surface area (Å²) in [4.78, 5) is 19.9. The van der Waals surface area contributed by atoms with Crippen LogP contribution in [0.25, 0.3) is 5.65 Å². The quantitative estimate of drug-likeness (QED) is 0.592. The first-order chi connectivity index (χ1) is 16.0. The van der Waals surface area contributed by atoms with Gasteiger partial charge >= 0.3 is 0 Å². The third-order valence-electron chi connectivity index (χ3n) is 6.85. The van der Waals surface area contributed by atoms with Gasteiger partial charge in [-0.25, -0.2) is 18.3 Å². The van der Waals surface area contributed by atoms with E-state index >= 15 is 0 Å². The lowest BCUT2D eigenvalue weighted by atomic mass is 9.87. The highest BCUT2D eigenvalue weighted by Gasteiger charge is 2.26. The van der Waals surface area contributed by atoms with Crippen LogP contribution < -0.4 is 10.2 Å². The highest BCUT2D eigenvalue weighted by molar-refractivity contribution is 6.08. The number of nitrogens with zero attached hydrogens (tertiary/aromatic N) is 6. The molecule has 1 amide bonds. The molecule has 3 aromatic rings. The molecule has 1 saturated heterocycles. The molecular weight excluding hydrogens is 428 g/mol. The summed E-state index contributed by atoms with van der Waals surface area (Å²) in [5.41, 5.74) is 0.289. The molecule has 0 atom stereocenters. The number of nitrogens with one attached hydrogen (secondary N) is 1. The maximum Gasteiger partial charge on any atom is 0.284 e. The van der Waals surface area contributed by atoms with Crippen LogP contribution in [0.3, 0.4) is 0 Å². The van der Waals surface area contributed by atoms with Crippen LogP contribution >= 0.6 is 0 Å². The summed E-state index contributed by atoms with van der Waals surface area (Å²) in [5, 5.41) is 11.0. The fourth-order valence-corrected chi connectivity index (χ4v) is 4.87. The van der Waals surface area contributed by atoms with Crippen LogP contribution in [0.5, 0.6) is 0 Å². The fourth-order valence-electron chi connectivity index (χ4n) is 4.87. The third kappa shape index (κ3) is 4.43. The van der Waals surface area contributed by atoms with E-state index in [0.29, 0.717) is 11.6 Å². The number of hydrogen-bond acceptors (Lipinski definition) is 5. The predicted molar refractivity (Wildman–Crippen MR) is 121 cm³/mol. The Kier molecular flexibility index (Phi) is 5.99. The fraction of sp³-hybridized carbons (Fsp3) is 0.565. The topological polar surface area (TPSA) is 80.4 Å². The van der Waals surface area contributed by atoms with Gasteiger partial charge in [-0.05, 0) is 56.9 Å². The third-order valence-corrected chi connectivity index (χ3v) is 6.85. The van der Waals surface area contributed by atoms with Gasteiger partial charge in [-0.3, -0.25) is 9.48 Å². The summed E-state index contributed by atoms with van der Waals surface area (Å²) in [7, 11) is 0. The van der Waals surface area contributed by atoms with Crippen molar-refractivity contribution in [3.05, 3.63) is 35.9 Å². The molecule has 10 heteroatoms. The summed E-state index contributed by atoms with van der Waals surface area (Å²) in [6, 6.07) is 1.96. The van der Waals surface area contributed by atoms with Gasteiger partial charge in [0.2, 0.25) is 0 Å². The summed E-state index contributed by atoms with van der Waals surface area (Å²) < 4.78 is 30.6. The summed E-state index contributed by atoms with van der Waals surface area (Å²) >= 11 is 0. The number of rotatable bonds is 5. The Morgan fingerprint density at radius 2 is 1.91 bits per heavy atom. The molecule has 3 aromatic heterocycles. The second-order valence-corrected chi connectivity index (χ2v) is 9.24. The van der Waals surface area contributed by atoms with Crippen molar-refractivity contribution < 1.29 is 13.6 Å². The number of aromatic nitrogens is 5. The molecule has 33 heavy (non-hydrogen) atoms. The van der Waals surface area contributed by atoms with Gasteiger partial charge in [-0.15, -0.1) is 0 Å². The van der Waals surface area contributed by atoms with Crippen LogP contribution in [0.4, 0.5) is 20.3 Å². The number of fused-ring (bicyclic) bond motifs is 1. The minimum atomic E-state index is -2.78. The van der Waals surface area contributed by atoms with E-state index in [1.807, 2.05) is 6.07 Å². The second kappa shape index (κ2) is 9.07. The monoisotopic (exact) mass is 457 g/mol. The first kappa shape index (κ1) is 21.8. The maximum atomic E-state index is 13.7. The van der Waals surface area contributed by atoms with Gasteiger partial charge in [0.15, 0.2) is 11.3 Å². The summed E-state index contributed by atoms with van der Waals surface area (Å²) in [6.07, 6.45) is 9.27. The van der Waals surface area contributed by atoms with Crippen molar-refractivity contribution >= 4 is 23.1 Å². The average Bonchev–Trinajstić information content (AvgIpc) is 3.44. The van der Waals surface area contributed by atoms with Gasteiger partial charge in [-0.2, -0.15) is 10.2 Å². The SMILES string of the molecule is CC1CCC(n2cc(NC(=O)c3cnn4ccc(N5CCCCC5)nc34)c(C(F)F)n2)CC1. The van der Waals surface area contributed by atoms with Crippen LogP contribution in [0.2, 0.25) is 0 Å². The molecule has 2 fully saturated rings. The molecule has 0 radical (unpaired) electrons. The van der Waals surface area contributed by atoms with Gasteiger partial charge < -0.3 is 10.2 Å². The largest absolute Gasteiger partial charge is 0.357 e. The Morgan fingerprint density at radius 3 is 2.64 bits per heavy atom. The van der Waals surface area contributed by atoms with Gasteiger partial charge in [0.1, 0.15) is 11.4 Å². The number of hydrogen-bond donors (Lipinski definition) is 1. The highest BCUT2D eigenvalue weighted by Crippen LogP contribution is 2.34. The number of alkyl halides is 2. The van der Waals surface area contributed by atoms with Crippen LogP contribution in [-0.4, -0.2) is 43.4 Å². The molecule has 2 aliphatic rings. The molecule has 0 unspecified atom stereocenters. The van der Waals surface area contributed by atoms with E-state index in [-0.39, 0.29) is 17.3 Å². The Morgan fingerprint density at radius 1 is 1.15 bits per heavy atom. The van der Waals surface area contributed by atoms with E-state index in [0.717, 1.165) is 57.4 Å². The van der Waals surface area contributed by atoms with E-state index in [1.165, 1.54) is 17.1 Å².